The molecule has 130 valence electrons. The van der Waals surface area contributed by atoms with Crippen LogP contribution in [-0.4, -0.2) is 9.85 Å². The Kier molecular flexibility index (Phi) is 5.20. The van der Waals surface area contributed by atoms with Crippen LogP contribution in [-0.2, 0) is 0 Å². The van der Waals surface area contributed by atoms with Gasteiger partial charge >= 0.3 is 0 Å². The van der Waals surface area contributed by atoms with E-state index in [0.29, 0.717) is 16.4 Å². The first-order valence-corrected chi connectivity index (χ1v) is 8.82. The van der Waals surface area contributed by atoms with Gasteiger partial charge in [0.15, 0.2) is 8.15 Å². The predicted molar refractivity (Wildman–Crippen MR) is 99.5 cm³/mol. The van der Waals surface area contributed by atoms with Crippen LogP contribution in [0, 0.1) is 20.2 Å². The van der Waals surface area contributed by atoms with Gasteiger partial charge < -0.3 is 4.52 Å². The molecule has 0 aliphatic carbocycles. The van der Waals surface area contributed by atoms with Gasteiger partial charge in [-0.3, -0.25) is 20.2 Å². The molecule has 0 N–H and O–H groups in total. The summed E-state index contributed by atoms with van der Waals surface area (Å²) < 4.78 is 6.08. The van der Waals surface area contributed by atoms with Gasteiger partial charge in [0.05, 0.1) is 9.85 Å². The Morgan fingerprint density at radius 3 is 1.65 bits per heavy atom. The number of nitro groups is 2. The van der Waals surface area contributed by atoms with Gasteiger partial charge in [-0.25, -0.2) is 0 Å². The lowest BCUT2D eigenvalue weighted by molar-refractivity contribution is -0.384. The van der Waals surface area contributed by atoms with Crippen molar-refractivity contribution < 1.29 is 14.4 Å². The first-order chi connectivity index (χ1) is 12.5. The molecule has 3 rings (SSSR count). The fraction of sp³-hybridized carbons (Fsp3) is 0. The molecular formula is C18H13N2O5P. The van der Waals surface area contributed by atoms with Crippen LogP contribution >= 0.6 is 8.15 Å². The van der Waals surface area contributed by atoms with Gasteiger partial charge in [0.25, 0.3) is 11.4 Å². The van der Waals surface area contributed by atoms with Crippen molar-refractivity contribution in [3.8, 4) is 5.75 Å². The predicted octanol–water partition coefficient (Wildman–Crippen LogP) is 3.93. The number of benzene rings is 3. The molecule has 8 heteroatoms. The highest BCUT2D eigenvalue weighted by molar-refractivity contribution is 7.68. The maximum atomic E-state index is 11.1. The molecule has 3 aromatic rings. The first-order valence-electron chi connectivity index (χ1n) is 7.56. The molecule has 0 spiro atoms. The molecule has 0 aromatic heterocycles. The molecule has 0 atom stereocenters. The van der Waals surface area contributed by atoms with Crippen molar-refractivity contribution in [2.45, 2.75) is 0 Å². The molecule has 3 aromatic carbocycles. The summed E-state index contributed by atoms with van der Waals surface area (Å²) in [5.41, 5.74) is -0.116. The Morgan fingerprint density at radius 2 is 1.19 bits per heavy atom. The lowest BCUT2D eigenvalue weighted by Crippen LogP contribution is -2.16. The monoisotopic (exact) mass is 368 g/mol. The second kappa shape index (κ2) is 7.72. The highest BCUT2D eigenvalue weighted by atomic mass is 31.1. The SMILES string of the molecule is O=[N+]([O-])c1cccc(P(Oc2ccccc2)c2cccc([N+](=O)[O-])c2)c1. The van der Waals surface area contributed by atoms with Gasteiger partial charge in [0, 0.05) is 34.9 Å². The molecule has 0 radical (unpaired) electrons. The zero-order valence-corrected chi connectivity index (χ0v) is 14.3. The average molecular weight is 368 g/mol. The normalized spacial score (nSPS) is 10.5. The van der Waals surface area contributed by atoms with Crippen molar-refractivity contribution in [2.24, 2.45) is 0 Å². The van der Waals surface area contributed by atoms with Gasteiger partial charge in [-0.1, -0.05) is 42.5 Å². The summed E-state index contributed by atoms with van der Waals surface area (Å²) in [6.07, 6.45) is 0. The van der Waals surface area contributed by atoms with Crippen LogP contribution in [0.1, 0.15) is 0 Å². The van der Waals surface area contributed by atoms with Crippen LogP contribution in [0.5, 0.6) is 5.75 Å². The molecular weight excluding hydrogens is 355 g/mol. The minimum absolute atomic E-state index is 0.0582. The lowest BCUT2D eigenvalue weighted by atomic mass is 10.3. The van der Waals surface area contributed by atoms with Crippen LogP contribution in [0.2, 0.25) is 0 Å². The summed E-state index contributed by atoms with van der Waals surface area (Å²) in [5, 5.41) is 23.4. The summed E-state index contributed by atoms with van der Waals surface area (Å²) in [6, 6.07) is 21.3. The highest BCUT2D eigenvalue weighted by Crippen LogP contribution is 2.38. The fourth-order valence-electron chi connectivity index (χ4n) is 2.31. The van der Waals surface area contributed by atoms with Crippen molar-refractivity contribution in [1.82, 2.24) is 0 Å². The molecule has 26 heavy (non-hydrogen) atoms. The van der Waals surface area contributed by atoms with Crippen LogP contribution in [0.25, 0.3) is 0 Å². The van der Waals surface area contributed by atoms with Crippen molar-refractivity contribution in [2.75, 3.05) is 0 Å². The Hall–Kier alpha value is -3.31. The van der Waals surface area contributed by atoms with Crippen LogP contribution < -0.4 is 15.1 Å². The van der Waals surface area contributed by atoms with Crippen molar-refractivity contribution >= 4 is 30.1 Å². The zero-order valence-electron chi connectivity index (χ0n) is 13.4. The number of non-ortho nitro benzene ring substituents is 2. The molecule has 0 fully saturated rings. The van der Waals surface area contributed by atoms with E-state index in [9.17, 15) is 20.2 Å². The van der Waals surface area contributed by atoms with Gasteiger partial charge in [-0.05, 0) is 12.1 Å². The maximum absolute atomic E-state index is 11.1. The van der Waals surface area contributed by atoms with E-state index in [0.717, 1.165) is 0 Å². The summed E-state index contributed by atoms with van der Waals surface area (Å²) >= 11 is 0. The van der Waals surface area contributed by atoms with Gasteiger partial charge in [0.1, 0.15) is 5.75 Å². The minimum atomic E-state index is -1.52. The van der Waals surface area contributed by atoms with Crippen LogP contribution in [0.15, 0.2) is 78.9 Å². The number of rotatable bonds is 6. The second-order valence-corrected chi connectivity index (χ2v) is 7.06. The van der Waals surface area contributed by atoms with Crippen LogP contribution in [0.3, 0.4) is 0 Å². The Bertz CT molecular complexity index is 892. The third-order valence-corrected chi connectivity index (χ3v) is 5.38. The largest absolute Gasteiger partial charge is 0.464 e. The molecule has 0 unspecified atom stereocenters. The summed E-state index contributed by atoms with van der Waals surface area (Å²) in [7, 11) is -1.52. The minimum Gasteiger partial charge on any atom is -0.464 e. The van der Waals surface area contributed by atoms with Crippen molar-refractivity contribution in [3.05, 3.63) is 99.1 Å². The third kappa shape index (κ3) is 4.02. The van der Waals surface area contributed by atoms with Crippen LogP contribution in [0.4, 0.5) is 11.4 Å². The van der Waals surface area contributed by atoms with Gasteiger partial charge in [0.2, 0.25) is 0 Å². The van der Waals surface area contributed by atoms with E-state index in [-0.39, 0.29) is 11.4 Å². The molecule has 0 saturated carbocycles. The van der Waals surface area contributed by atoms with E-state index < -0.39 is 18.0 Å². The Morgan fingerprint density at radius 1 is 0.692 bits per heavy atom. The van der Waals surface area contributed by atoms with Gasteiger partial charge in [-0.15, -0.1) is 0 Å². The standard InChI is InChI=1S/C18H13N2O5P/c21-19(22)14-6-4-10-17(12-14)26(25-16-8-2-1-3-9-16)18-11-5-7-15(13-18)20(23)24/h1-13H. The average Bonchev–Trinajstić information content (AvgIpc) is 2.67. The smallest absolute Gasteiger partial charge is 0.270 e. The number of nitro benzene ring substituents is 2. The number of hydrogen-bond donors (Lipinski definition) is 0. The molecule has 0 aliphatic rings. The molecule has 0 saturated heterocycles. The van der Waals surface area contributed by atoms with Crippen molar-refractivity contribution in [3.63, 3.8) is 0 Å². The van der Waals surface area contributed by atoms with E-state index in [1.165, 1.54) is 24.3 Å². The van der Waals surface area contributed by atoms with Gasteiger partial charge in [-0.2, -0.15) is 0 Å². The maximum Gasteiger partial charge on any atom is 0.270 e. The topological polar surface area (TPSA) is 95.5 Å². The Labute approximate surface area is 150 Å². The number of nitrogens with zero attached hydrogens (tertiary/aromatic N) is 2. The molecule has 0 bridgehead atoms. The summed E-state index contributed by atoms with van der Waals surface area (Å²) in [5.74, 6) is 0.580. The summed E-state index contributed by atoms with van der Waals surface area (Å²) in [4.78, 5) is 21.2. The van der Waals surface area contributed by atoms with Crippen molar-refractivity contribution in [1.29, 1.82) is 0 Å². The Balaban J connectivity index is 2.07. The number of para-hydroxylation sites is 1. The van der Waals surface area contributed by atoms with E-state index >= 15 is 0 Å². The lowest BCUT2D eigenvalue weighted by Gasteiger charge is -2.19. The highest BCUT2D eigenvalue weighted by Gasteiger charge is 2.22. The second-order valence-electron chi connectivity index (χ2n) is 5.25. The molecule has 0 amide bonds. The fourth-order valence-corrected chi connectivity index (χ4v) is 4.09. The molecule has 0 heterocycles. The first kappa shape index (κ1) is 17.5. The van der Waals surface area contributed by atoms with E-state index in [4.69, 9.17) is 4.52 Å². The van der Waals surface area contributed by atoms with E-state index in [1.54, 1.807) is 36.4 Å². The molecule has 0 aliphatic heterocycles. The number of hydrogen-bond acceptors (Lipinski definition) is 5. The third-order valence-electron chi connectivity index (χ3n) is 3.49. The van der Waals surface area contributed by atoms with E-state index in [2.05, 4.69) is 0 Å². The quantitative estimate of drug-likeness (QED) is 0.373. The summed E-state index contributed by atoms with van der Waals surface area (Å²) in [6.45, 7) is 0. The molecule has 7 nitrogen and oxygen atoms in total. The van der Waals surface area contributed by atoms with E-state index in [1.807, 2.05) is 18.2 Å². The zero-order chi connectivity index (χ0) is 18.5.